The van der Waals surface area contributed by atoms with Crippen LogP contribution >= 0.6 is 0 Å². The Labute approximate surface area is 129 Å². The van der Waals surface area contributed by atoms with Crippen molar-refractivity contribution in [1.82, 2.24) is 19.9 Å². The Bertz CT molecular complexity index is 606. The van der Waals surface area contributed by atoms with Gasteiger partial charge < -0.3 is 9.64 Å². The van der Waals surface area contributed by atoms with Crippen LogP contribution in [0.2, 0.25) is 0 Å². The van der Waals surface area contributed by atoms with E-state index in [4.69, 9.17) is 4.74 Å². The zero-order valence-electron chi connectivity index (χ0n) is 12.3. The number of piperidine rings is 1. The van der Waals surface area contributed by atoms with E-state index in [0.717, 1.165) is 24.9 Å². The number of hydrogen-bond donors (Lipinski definition) is 0. The summed E-state index contributed by atoms with van der Waals surface area (Å²) in [5.74, 6) is 0.672. The number of aromatic nitrogens is 3. The van der Waals surface area contributed by atoms with Gasteiger partial charge in [0.15, 0.2) is 0 Å². The van der Waals surface area contributed by atoms with Gasteiger partial charge in [-0.2, -0.15) is 0 Å². The second-order valence-electron chi connectivity index (χ2n) is 5.31. The Kier molecular flexibility index (Phi) is 4.58. The molecule has 22 heavy (non-hydrogen) atoms. The summed E-state index contributed by atoms with van der Waals surface area (Å²) >= 11 is 0. The highest BCUT2D eigenvalue weighted by Gasteiger charge is 2.25. The maximum atomic E-state index is 12.4. The van der Waals surface area contributed by atoms with Crippen molar-refractivity contribution in [2.45, 2.75) is 25.4 Å². The molecule has 1 aliphatic rings. The molecule has 0 radical (unpaired) electrons. The number of likely N-dealkylation sites (tertiary alicyclic amines) is 1. The zero-order valence-corrected chi connectivity index (χ0v) is 12.3. The van der Waals surface area contributed by atoms with E-state index < -0.39 is 0 Å². The second-order valence-corrected chi connectivity index (χ2v) is 5.31. The topological polar surface area (TPSA) is 68.2 Å². The molecule has 0 spiro atoms. The Morgan fingerprint density at radius 2 is 2.27 bits per heavy atom. The van der Waals surface area contributed by atoms with Gasteiger partial charge in [-0.15, -0.1) is 0 Å². The largest absolute Gasteiger partial charge is 0.472 e. The Balaban J connectivity index is 1.57. The highest BCUT2D eigenvalue weighted by atomic mass is 16.5. The molecule has 0 saturated carbocycles. The summed E-state index contributed by atoms with van der Waals surface area (Å²) in [4.78, 5) is 26.2. The van der Waals surface area contributed by atoms with Crippen molar-refractivity contribution < 1.29 is 9.53 Å². The summed E-state index contributed by atoms with van der Waals surface area (Å²) in [7, 11) is 0. The summed E-state index contributed by atoms with van der Waals surface area (Å²) in [5.41, 5.74) is 0.936. The molecule has 1 atom stereocenters. The molecule has 0 bridgehead atoms. The van der Waals surface area contributed by atoms with Crippen molar-refractivity contribution in [1.29, 1.82) is 0 Å². The fourth-order valence-electron chi connectivity index (χ4n) is 2.57. The number of rotatable bonds is 4. The first-order valence-electron chi connectivity index (χ1n) is 7.40. The van der Waals surface area contributed by atoms with Gasteiger partial charge in [0.05, 0.1) is 13.0 Å². The molecule has 1 fully saturated rings. The first-order valence-corrected chi connectivity index (χ1v) is 7.40. The molecule has 3 rings (SSSR count). The number of nitrogens with zero attached hydrogens (tertiary/aromatic N) is 4. The van der Waals surface area contributed by atoms with Crippen LogP contribution in [0.25, 0.3) is 0 Å². The van der Waals surface area contributed by atoms with Gasteiger partial charge >= 0.3 is 0 Å². The number of pyridine rings is 1. The van der Waals surface area contributed by atoms with Crippen molar-refractivity contribution in [2.75, 3.05) is 13.1 Å². The molecule has 2 aromatic rings. The quantitative estimate of drug-likeness (QED) is 0.855. The molecule has 6 heteroatoms. The predicted octanol–water partition coefficient (Wildman–Crippen LogP) is 1.48. The third-order valence-electron chi connectivity index (χ3n) is 3.65. The fourth-order valence-corrected chi connectivity index (χ4v) is 2.57. The van der Waals surface area contributed by atoms with Crippen LogP contribution in [0.3, 0.4) is 0 Å². The van der Waals surface area contributed by atoms with Crippen LogP contribution in [-0.2, 0) is 11.2 Å². The van der Waals surface area contributed by atoms with Crippen LogP contribution < -0.4 is 4.74 Å². The van der Waals surface area contributed by atoms with Gasteiger partial charge in [0.25, 0.3) is 0 Å². The first kappa shape index (κ1) is 14.4. The summed E-state index contributed by atoms with van der Waals surface area (Å²) < 4.78 is 5.83. The van der Waals surface area contributed by atoms with E-state index in [2.05, 4.69) is 15.0 Å². The maximum absolute atomic E-state index is 12.4. The van der Waals surface area contributed by atoms with Gasteiger partial charge in [0.2, 0.25) is 11.8 Å². The molecule has 2 aromatic heterocycles. The van der Waals surface area contributed by atoms with E-state index in [-0.39, 0.29) is 12.0 Å². The lowest BCUT2D eigenvalue weighted by atomic mass is 10.1. The summed E-state index contributed by atoms with van der Waals surface area (Å²) in [6.07, 6.45) is 8.79. The lowest BCUT2D eigenvalue weighted by molar-refractivity contribution is -0.133. The van der Waals surface area contributed by atoms with Gasteiger partial charge in [0.1, 0.15) is 12.4 Å². The number of carbonyl (C=O) groups is 1. The molecule has 1 amide bonds. The molecule has 0 aliphatic carbocycles. The Hall–Kier alpha value is -2.50. The third-order valence-corrected chi connectivity index (χ3v) is 3.65. The fraction of sp³-hybridized carbons (Fsp3) is 0.375. The summed E-state index contributed by atoms with van der Waals surface area (Å²) in [6.45, 7) is 1.38. The molecule has 114 valence electrons. The average molecular weight is 298 g/mol. The molecule has 1 aliphatic heterocycles. The van der Waals surface area contributed by atoms with E-state index >= 15 is 0 Å². The van der Waals surface area contributed by atoms with Crippen LogP contribution in [0.5, 0.6) is 5.88 Å². The number of hydrogen-bond acceptors (Lipinski definition) is 5. The highest BCUT2D eigenvalue weighted by Crippen LogP contribution is 2.17. The third kappa shape index (κ3) is 3.78. The minimum absolute atomic E-state index is 0.0125. The van der Waals surface area contributed by atoms with Gasteiger partial charge in [0, 0.05) is 31.2 Å². The van der Waals surface area contributed by atoms with Crippen molar-refractivity contribution in [3.8, 4) is 5.88 Å². The molecule has 1 saturated heterocycles. The second kappa shape index (κ2) is 6.98. The number of amides is 1. The van der Waals surface area contributed by atoms with Crippen molar-refractivity contribution in [3.05, 3.63) is 48.7 Å². The normalized spacial score (nSPS) is 18.0. The van der Waals surface area contributed by atoms with Crippen LogP contribution in [-0.4, -0.2) is 45.0 Å². The molecule has 0 unspecified atom stereocenters. The summed E-state index contributed by atoms with van der Waals surface area (Å²) in [5, 5.41) is 0. The van der Waals surface area contributed by atoms with Gasteiger partial charge in [-0.05, 0) is 24.5 Å². The Morgan fingerprint density at radius 1 is 1.32 bits per heavy atom. The summed E-state index contributed by atoms with van der Waals surface area (Å²) in [6, 6.07) is 5.50. The van der Waals surface area contributed by atoms with E-state index in [9.17, 15) is 4.79 Å². The first-order chi connectivity index (χ1) is 10.8. The van der Waals surface area contributed by atoms with E-state index in [0.29, 0.717) is 18.8 Å². The lowest BCUT2D eigenvalue weighted by Crippen LogP contribution is -2.45. The molecule has 3 heterocycles. The van der Waals surface area contributed by atoms with Gasteiger partial charge in [-0.25, -0.2) is 9.97 Å². The standard InChI is InChI=1S/C16H18N4O2/c21-16(9-13-3-1-6-17-10-13)20-8-2-4-14(11-20)22-15-5-7-18-12-19-15/h1,3,5-7,10,12,14H,2,4,8-9,11H2/t14-/m1/s1. The number of ether oxygens (including phenoxy) is 1. The van der Waals surface area contributed by atoms with E-state index in [1.54, 1.807) is 24.7 Å². The van der Waals surface area contributed by atoms with Crippen LogP contribution in [0.1, 0.15) is 18.4 Å². The monoisotopic (exact) mass is 298 g/mol. The molecule has 6 nitrogen and oxygen atoms in total. The van der Waals surface area contributed by atoms with Crippen molar-refractivity contribution in [2.24, 2.45) is 0 Å². The molecule has 0 N–H and O–H groups in total. The number of carbonyl (C=O) groups excluding carboxylic acids is 1. The average Bonchev–Trinajstić information content (AvgIpc) is 2.57. The van der Waals surface area contributed by atoms with E-state index in [1.165, 1.54) is 6.33 Å². The van der Waals surface area contributed by atoms with Gasteiger partial charge in [-0.1, -0.05) is 6.07 Å². The van der Waals surface area contributed by atoms with Gasteiger partial charge in [-0.3, -0.25) is 9.78 Å². The smallest absolute Gasteiger partial charge is 0.227 e. The van der Waals surface area contributed by atoms with Crippen LogP contribution in [0.4, 0.5) is 0 Å². The molecule has 0 aromatic carbocycles. The molecular weight excluding hydrogens is 280 g/mol. The van der Waals surface area contributed by atoms with Crippen molar-refractivity contribution in [3.63, 3.8) is 0 Å². The minimum atomic E-state index is -0.0125. The maximum Gasteiger partial charge on any atom is 0.227 e. The molecular formula is C16H18N4O2. The minimum Gasteiger partial charge on any atom is -0.472 e. The van der Waals surface area contributed by atoms with Crippen LogP contribution in [0, 0.1) is 0 Å². The van der Waals surface area contributed by atoms with E-state index in [1.807, 2.05) is 17.0 Å². The Morgan fingerprint density at radius 3 is 3.05 bits per heavy atom. The lowest BCUT2D eigenvalue weighted by Gasteiger charge is -2.32. The SMILES string of the molecule is O=C(Cc1cccnc1)N1CCC[C@@H](Oc2ccncn2)C1. The predicted molar refractivity (Wildman–Crippen MR) is 80.2 cm³/mol. The highest BCUT2D eigenvalue weighted by molar-refractivity contribution is 5.78. The zero-order chi connectivity index (χ0) is 15.2. The van der Waals surface area contributed by atoms with Crippen molar-refractivity contribution >= 4 is 5.91 Å². The van der Waals surface area contributed by atoms with Crippen LogP contribution in [0.15, 0.2) is 43.1 Å².